The Labute approximate surface area is 122 Å². The summed E-state index contributed by atoms with van der Waals surface area (Å²) in [5, 5.41) is 8.89. The van der Waals surface area contributed by atoms with E-state index in [4.69, 9.17) is 9.84 Å². The third-order valence-electron chi connectivity index (χ3n) is 3.13. The number of hydrogen-bond acceptors (Lipinski definition) is 5. The number of hydrogen-bond donors (Lipinski definition) is 1. The predicted molar refractivity (Wildman–Crippen MR) is 74.4 cm³/mol. The summed E-state index contributed by atoms with van der Waals surface area (Å²) in [5.74, 6) is -1.03. The first kappa shape index (κ1) is 15.4. The Hall–Kier alpha value is -0.960. The summed E-state index contributed by atoms with van der Waals surface area (Å²) in [5.41, 5.74) is 0. The first-order chi connectivity index (χ1) is 9.45. The molecule has 1 fully saturated rings. The summed E-state index contributed by atoms with van der Waals surface area (Å²) in [6.07, 6.45) is 0.535. The van der Waals surface area contributed by atoms with Crippen molar-refractivity contribution in [2.75, 3.05) is 19.8 Å². The Balaban J connectivity index is 2.27. The molecule has 1 N–H and O–H groups in total. The number of morpholine rings is 1. The summed E-state index contributed by atoms with van der Waals surface area (Å²) in [6, 6.07) is 2.74. The predicted octanol–water partition coefficient (Wildman–Crippen LogP) is 1.17. The maximum atomic E-state index is 12.6. The Bertz CT molecular complexity index is 580. The molecule has 0 aliphatic carbocycles. The van der Waals surface area contributed by atoms with Crippen LogP contribution in [0.3, 0.4) is 0 Å². The number of sulfonamides is 1. The number of thiophene rings is 1. The van der Waals surface area contributed by atoms with Gasteiger partial charge in [-0.2, -0.15) is 4.31 Å². The average molecular weight is 319 g/mol. The fourth-order valence-corrected chi connectivity index (χ4v) is 5.14. The molecule has 1 aliphatic rings. The summed E-state index contributed by atoms with van der Waals surface area (Å²) < 4.78 is 31.9. The van der Waals surface area contributed by atoms with E-state index in [-0.39, 0.29) is 23.8 Å². The summed E-state index contributed by atoms with van der Waals surface area (Å²) in [6.45, 7) is 2.57. The van der Waals surface area contributed by atoms with E-state index >= 15 is 0 Å². The molecule has 1 unspecified atom stereocenters. The molecule has 1 aromatic heterocycles. The highest BCUT2D eigenvalue weighted by atomic mass is 32.2. The van der Waals surface area contributed by atoms with Crippen LogP contribution >= 0.6 is 11.3 Å². The molecular formula is C12H17NO5S2. The normalized spacial score (nSPS) is 20.9. The van der Waals surface area contributed by atoms with E-state index in [2.05, 4.69) is 0 Å². The van der Waals surface area contributed by atoms with Crippen LogP contribution in [0.15, 0.2) is 16.3 Å². The second-order valence-electron chi connectivity index (χ2n) is 4.52. The molecule has 1 aliphatic heterocycles. The van der Waals surface area contributed by atoms with Crippen molar-refractivity contribution in [3.63, 3.8) is 0 Å². The molecule has 0 saturated carbocycles. The molecule has 2 rings (SSSR count). The van der Waals surface area contributed by atoms with Crippen molar-refractivity contribution in [3.8, 4) is 0 Å². The fraction of sp³-hybridized carbons (Fsp3) is 0.583. The standard InChI is InChI=1S/C12H17NO5S2/c1-2-10-3-4-12(19-10)20(16,17)13-5-6-18-8-9(13)7-11(14)15/h3-4,9H,2,5-8H2,1H3,(H,14,15). The second-order valence-corrected chi connectivity index (χ2v) is 7.80. The van der Waals surface area contributed by atoms with Crippen LogP contribution < -0.4 is 0 Å². The molecule has 20 heavy (non-hydrogen) atoms. The van der Waals surface area contributed by atoms with Gasteiger partial charge in [0.25, 0.3) is 10.0 Å². The summed E-state index contributed by atoms with van der Waals surface area (Å²) in [7, 11) is -3.64. The second kappa shape index (κ2) is 6.21. The van der Waals surface area contributed by atoms with E-state index in [1.165, 1.54) is 15.6 Å². The van der Waals surface area contributed by atoms with Gasteiger partial charge >= 0.3 is 5.97 Å². The van der Waals surface area contributed by atoms with Gasteiger partial charge in [0.15, 0.2) is 0 Å². The molecule has 6 nitrogen and oxygen atoms in total. The molecule has 0 spiro atoms. The van der Waals surface area contributed by atoms with Crippen molar-refractivity contribution in [1.82, 2.24) is 4.31 Å². The van der Waals surface area contributed by atoms with E-state index in [1.807, 2.05) is 6.92 Å². The highest BCUT2D eigenvalue weighted by molar-refractivity contribution is 7.91. The molecule has 1 aromatic rings. The van der Waals surface area contributed by atoms with Gasteiger partial charge in [-0.05, 0) is 18.6 Å². The van der Waals surface area contributed by atoms with Gasteiger partial charge in [0.1, 0.15) is 4.21 Å². The Kier molecular flexibility index (Phi) is 4.79. The zero-order valence-electron chi connectivity index (χ0n) is 11.1. The molecule has 0 aromatic carbocycles. The number of ether oxygens (including phenoxy) is 1. The van der Waals surface area contributed by atoms with Gasteiger partial charge in [-0.3, -0.25) is 4.79 Å². The van der Waals surface area contributed by atoms with Crippen LogP contribution in [0.4, 0.5) is 0 Å². The highest BCUT2D eigenvalue weighted by Gasteiger charge is 2.36. The number of carbonyl (C=O) groups is 1. The van der Waals surface area contributed by atoms with E-state index in [0.29, 0.717) is 6.61 Å². The topological polar surface area (TPSA) is 83.9 Å². The molecule has 8 heteroatoms. The third-order valence-corrected chi connectivity index (χ3v) is 6.78. The van der Waals surface area contributed by atoms with Crippen molar-refractivity contribution in [3.05, 3.63) is 17.0 Å². The van der Waals surface area contributed by atoms with Gasteiger partial charge in [-0.25, -0.2) is 8.42 Å². The zero-order valence-corrected chi connectivity index (χ0v) is 12.7. The number of aryl methyl sites for hydroxylation is 1. The van der Waals surface area contributed by atoms with E-state index in [9.17, 15) is 13.2 Å². The van der Waals surface area contributed by atoms with Crippen LogP contribution in [-0.2, 0) is 26.0 Å². The van der Waals surface area contributed by atoms with Gasteiger partial charge in [0.05, 0.1) is 25.7 Å². The molecule has 0 amide bonds. The molecule has 0 bridgehead atoms. The summed E-state index contributed by atoms with van der Waals surface area (Å²) in [4.78, 5) is 11.8. The molecule has 1 atom stereocenters. The SMILES string of the molecule is CCc1ccc(S(=O)(=O)N2CCOCC2CC(=O)O)s1. The first-order valence-electron chi connectivity index (χ1n) is 6.35. The minimum atomic E-state index is -3.64. The van der Waals surface area contributed by atoms with Crippen LogP contribution in [0.5, 0.6) is 0 Å². The maximum Gasteiger partial charge on any atom is 0.305 e. The van der Waals surface area contributed by atoms with Crippen molar-refractivity contribution in [2.45, 2.75) is 30.0 Å². The van der Waals surface area contributed by atoms with Gasteiger partial charge < -0.3 is 9.84 Å². The molecular weight excluding hydrogens is 302 g/mol. The molecule has 2 heterocycles. The van der Waals surface area contributed by atoms with Crippen LogP contribution in [0, 0.1) is 0 Å². The third kappa shape index (κ3) is 3.20. The van der Waals surface area contributed by atoms with Crippen molar-refractivity contribution in [1.29, 1.82) is 0 Å². The molecule has 0 radical (unpaired) electrons. The first-order valence-corrected chi connectivity index (χ1v) is 8.61. The van der Waals surface area contributed by atoms with Crippen LogP contribution in [0.25, 0.3) is 0 Å². The minimum absolute atomic E-state index is 0.123. The number of nitrogens with zero attached hydrogens (tertiary/aromatic N) is 1. The van der Waals surface area contributed by atoms with Crippen molar-refractivity contribution >= 4 is 27.3 Å². The maximum absolute atomic E-state index is 12.6. The molecule has 112 valence electrons. The number of carboxylic acid groups (broad SMARTS) is 1. The lowest BCUT2D eigenvalue weighted by Gasteiger charge is -2.33. The smallest absolute Gasteiger partial charge is 0.305 e. The summed E-state index contributed by atoms with van der Waals surface area (Å²) >= 11 is 1.24. The van der Waals surface area contributed by atoms with Gasteiger partial charge in [-0.15, -0.1) is 11.3 Å². The average Bonchev–Trinajstić information content (AvgIpc) is 2.88. The van der Waals surface area contributed by atoms with Gasteiger partial charge in [0, 0.05) is 11.4 Å². The number of aliphatic carboxylic acids is 1. The quantitative estimate of drug-likeness (QED) is 0.881. The van der Waals surface area contributed by atoms with E-state index < -0.39 is 22.0 Å². The minimum Gasteiger partial charge on any atom is -0.481 e. The van der Waals surface area contributed by atoms with Crippen LogP contribution in [0.1, 0.15) is 18.2 Å². The fourth-order valence-electron chi connectivity index (χ4n) is 2.12. The zero-order chi connectivity index (χ0) is 14.8. The van der Waals surface area contributed by atoms with Crippen LogP contribution in [-0.4, -0.2) is 49.6 Å². The Morgan fingerprint density at radius 1 is 1.55 bits per heavy atom. The number of carboxylic acids is 1. The van der Waals surface area contributed by atoms with Crippen LogP contribution in [0.2, 0.25) is 0 Å². The lowest BCUT2D eigenvalue weighted by Crippen LogP contribution is -2.49. The largest absolute Gasteiger partial charge is 0.481 e. The lowest BCUT2D eigenvalue weighted by molar-refractivity contribution is -0.139. The van der Waals surface area contributed by atoms with Gasteiger partial charge in [-0.1, -0.05) is 6.92 Å². The van der Waals surface area contributed by atoms with E-state index in [0.717, 1.165) is 11.3 Å². The number of rotatable bonds is 5. The van der Waals surface area contributed by atoms with Crippen molar-refractivity contribution in [2.24, 2.45) is 0 Å². The lowest BCUT2D eigenvalue weighted by atomic mass is 10.2. The highest BCUT2D eigenvalue weighted by Crippen LogP contribution is 2.28. The van der Waals surface area contributed by atoms with E-state index in [1.54, 1.807) is 12.1 Å². The Morgan fingerprint density at radius 3 is 2.90 bits per heavy atom. The molecule has 1 saturated heterocycles. The van der Waals surface area contributed by atoms with Gasteiger partial charge in [0.2, 0.25) is 0 Å². The Morgan fingerprint density at radius 2 is 2.30 bits per heavy atom. The van der Waals surface area contributed by atoms with Crippen molar-refractivity contribution < 1.29 is 23.1 Å². The monoisotopic (exact) mass is 319 g/mol.